The van der Waals surface area contributed by atoms with Crippen molar-refractivity contribution in [2.45, 2.75) is 52.9 Å². The summed E-state index contributed by atoms with van der Waals surface area (Å²) in [7, 11) is 0. The summed E-state index contributed by atoms with van der Waals surface area (Å²) >= 11 is 5.88. The van der Waals surface area contributed by atoms with Gasteiger partial charge in [-0.2, -0.15) is 35.3 Å². The van der Waals surface area contributed by atoms with Crippen molar-refractivity contribution in [2.75, 3.05) is 47.7 Å². The van der Waals surface area contributed by atoms with Gasteiger partial charge in [0.2, 0.25) is 0 Å². The minimum atomic E-state index is -0.315. The highest BCUT2D eigenvalue weighted by Crippen LogP contribution is 2.26. The Morgan fingerprint density at radius 1 is 1.00 bits per heavy atom. The van der Waals surface area contributed by atoms with Crippen molar-refractivity contribution in [3.8, 4) is 0 Å². The first kappa shape index (κ1) is 30.0. The highest BCUT2D eigenvalue weighted by atomic mass is 32.2. The fraction of sp³-hybridized carbons (Fsp3) is 0.864. The molecule has 5 nitrogen and oxygen atoms in total. The molecule has 0 saturated carbocycles. The molecule has 2 unspecified atom stereocenters. The molecule has 0 aromatic rings. The van der Waals surface area contributed by atoms with Gasteiger partial charge < -0.3 is 14.7 Å². The minimum absolute atomic E-state index is 0.0105. The van der Waals surface area contributed by atoms with Crippen LogP contribution in [0.1, 0.15) is 52.9 Å². The van der Waals surface area contributed by atoms with Gasteiger partial charge >= 0.3 is 5.97 Å². The Hall–Kier alpha value is -0.0200. The fourth-order valence-corrected chi connectivity index (χ4v) is 6.83. The molecule has 2 N–H and O–H groups in total. The van der Waals surface area contributed by atoms with Crippen LogP contribution in [0.25, 0.3) is 0 Å². The SMILES string of the molecule is C=C(OO)C(C)CC(CSCC(CSCCCC)CSCCCC)C(=O)OCCO. The molecule has 8 heteroatoms. The molecule has 2 atom stereocenters. The molecule has 0 radical (unpaired) electrons. The van der Waals surface area contributed by atoms with E-state index in [-0.39, 0.29) is 36.8 Å². The summed E-state index contributed by atoms with van der Waals surface area (Å²) in [5, 5.41) is 17.8. The van der Waals surface area contributed by atoms with Crippen LogP contribution in [-0.2, 0) is 14.4 Å². The van der Waals surface area contributed by atoms with Crippen LogP contribution in [0.5, 0.6) is 0 Å². The molecule has 0 aromatic carbocycles. The third-order valence-corrected chi connectivity index (χ3v) is 8.55. The molecule has 178 valence electrons. The molecule has 0 aliphatic heterocycles. The van der Waals surface area contributed by atoms with E-state index in [0.29, 0.717) is 18.1 Å². The lowest BCUT2D eigenvalue weighted by Gasteiger charge is -2.21. The van der Waals surface area contributed by atoms with E-state index in [0.717, 1.165) is 17.3 Å². The lowest BCUT2D eigenvalue weighted by atomic mass is 9.96. The van der Waals surface area contributed by atoms with Gasteiger partial charge in [-0.15, -0.1) is 0 Å². The Labute approximate surface area is 196 Å². The van der Waals surface area contributed by atoms with Gasteiger partial charge in [-0.1, -0.05) is 40.2 Å². The number of aliphatic hydroxyl groups excluding tert-OH is 1. The fourth-order valence-electron chi connectivity index (χ4n) is 2.66. The zero-order chi connectivity index (χ0) is 22.6. The Balaban J connectivity index is 4.67. The van der Waals surface area contributed by atoms with Crippen LogP contribution in [0.15, 0.2) is 12.3 Å². The quantitative estimate of drug-likeness (QED) is 0.0721. The molecule has 0 fully saturated rings. The van der Waals surface area contributed by atoms with Gasteiger partial charge in [0.15, 0.2) is 0 Å². The summed E-state index contributed by atoms with van der Waals surface area (Å²) in [6.07, 6.45) is 5.49. The van der Waals surface area contributed by atoms with Crippen molar-refractivity contribution < 1.29 is 24.8 Å². The third-order valence-electron chi connectivity index (χ3n) is 4.64. The molecule has 0 bridgehead atoms. The van der Waals surface area contributed by atoms with Crippen LogP contribution in [0, 0.1) is 17.8 Å². The first-order valence-electron chi connectivity index (χ1n) is 11.0. The van der Waals surface area contributed by atoms with Crippen LogP contribution in [0.3, 0.4) is 0 Å². The average Bonchev–Trinajstić information content (AvgIpc) is 2.75. The van der Waals surface area contributed by atoms with E-state index in [1.54, 1.807) is 11.8 Å². The topological polar surface area (TPSA) is 76.0 Å². The Kier molecular flexibility index (Phi) is 20.8. The minimum Gasteiger partial charge on any atom is -0.463 e. The monoisotopic (exact) mass is 482 g/mol. The zero-order valence-electron chi connectivity index (χ0n) is 19.0. The zero-order valence-corrected chi connectivity index (χ0v) is 21.4. The van der Waals surface area contributed by atoms with E-state index in [1.165, 1.54) is 37.2 Å². The molecule has 0 aliphatic rings. The highest BCUT2D eigenvalue weighted by Gasteiger charge is 2.25. The summed E-state index contributed by atoms with van der Waals surface area (Å²) in [5.41, 5.74) is 0. The van der Waals surface area contributed by atoms with Gasteiger partial charge in [0.1, 0.15) is 12.4 Å². The van der Waals surface area contributed by atoms with Crippen LogP contribution < -0.4 is 0 Å². The predicted octanol–water partition coefficient (Wildman–Crippen LogP) is 5.58. The molecule has 0 aromatic heterocycles. The van der Waals surface area contributed by atoms with Crippen molar-refractivity contribution in [3.05, 3.63) is 12.3 Å². The standard InChI is InChI=1S/C22H42O5S3/c1-5-7-11-28-14-20(15-29-12-8-6-2)16-30-17-21(22(24)26-10-9-23)13-18(3)19(4)27-25/h18,20-21,23,25H,4-17H2,1-3H3. The maximum absolute atomic E-state index is 12.4. The number of rotatable bonds is 21. The number of aliphatic hydroxyl groups is 1. The molecule has 0 saturated heterocycles. The second-order valence-corrected chi connectivity index (χ2v) is 10.9. The van der Waals surface area contributed by atoms with Crippen LogP contribution in [-0.4, -0.2) is 64.1 Å². The number of hydrogen-bond donors (Lipinski definition) is 2. The van der Waals surface area contributed by atoms with Gasteiger partial charge in [-0.25, -0.2) is 5.26 Å². The van der Waals surface area contributed by atoms with E-state index < -0.39 is 0 Å². The van der Waals surface area contributed by atoms with Crippen molar-refractivity contribution >= 4 is 41.3 Å². The van der Waals surface area contributed by atoms with Gasteiger partial charge in [-0.3, -0.25) is 4.79 Å². The van der Waals surface area contributed by atoms with Gasteiger partial charge in [0, 0.05) is 11.7 Å². The average molecular weight is 483 g/mol. The van der Waals surface area contributed by atoms with E-state index in [4.69, 9.17) is 15.1 Å². The molecule has 0 aliphatic carbocycles. The second kappa shape index (κ2) is 20.9. The smallest absolute Gasteiger partial charge is 0.309 e. The van der Waals surface area contributed by atoms with Gasteiger partial charge in [-0.05, 0) is 53.9 Å². The summed E-state index contributed by atoms with van der Waals surface area (Å²) in [4.78, 5) is 16.7. The Morgan fingerprint density at radius 2 is 1.57 bits per heavy atom. The largest absolute Gasteiger partial charge is 0.463 e. The number of hydrogen-bond acceptors (Lipinski definition) is 8. The van der Waals surface area contributed by atoms with Crippen LogP contribution in [0.2, 0.25) is 0 Å². The van der Waals surface area contributed by atoms with Crippen molar-refractivity contribution in [3.63, 3.8) is 0 Å². The van der Waals surface area contributed by atoms with Crippen LogP contribution in [0.4, 0.5) is 0 Å². The number of carbonyl (C=O) groups excluding carboxylic acids is 1. The van der Waals surface area contributed by atoms with E-state index in [1.807, 2.05) is 30.4 Å². The number of esters is 1. The predicted molar refractivity (Wildman–Crippen MR) is 133 cm³/mol. The van der Waals surface area contributed by atoms with Crippen molar-refractivity contribution in [2.24, 2.45) is 17.8 Å². The lowest BCUT2D eigenvalue weighted by molar-refractivity contribution is -0.211. The summed E-state index contributed by atoms with van der Waals surface area (Å²) in [5.74, 6) is 6.53. The van der Waals surface area contributed by atoms with Crippen LogP contribution >= 0.6 is 35.3 Å². The number of unbranched alkanes of at least 4 members (excludes halogenated alkanes) is 2. The molecule has 0 heterocycles. The van der Waals surface area contributed by atoms with E-state index >= 15 is 0 Å². The van der Waals surface area contributed by atoms with Gasteiger partial charge in [0.25, 0.3) is 0 Å². The molecule has 0 spiro atoms. The number of thioether (sulfide) groups is 3. The second-order valence-electron chi connectivity index (χ2n) is 7.54. The van der Waals surface area contributed by atoms with Crippen molar-refractivity contribution in [1.82, 2.24) is 0 Å². The van der Waals surface area contributed by atoms with E-state index in [9.17, 15) is 4.79 Å². The Morgan fingerprint density at radius 3 is 2.07 bits per heavy atom. The van der Waals surface area contributed by atoms with E-state index in [2.05, 4.69) is 25.3 Å². The first-order valence-corrected chi connectivity index (χ1v) is 14.5. The maximum Gasteiger partial charge on any atom is 0.309 e. The highest BCUT2D eigenvalue weighted by molar-refractivity contribution is 8.01. The number of carbonyl (C=O) groups is 1. The molecule has 0 amide bonds. The Bertz CT molecular complexity index is 425. The molecule has 0 rings (SSSR count). The molecular weight excluding hydrogens is 440 g/mol. The number of ether oxygens (including phenoxy) is 1. The summed E-state index contributed by atoms with van der Waals surface area (Å²) < 4.78 is 5.17. The third kappa shape index (κ3) is 15.7. The molecule has 30 heavy (non-hydrogen) atoms. The molecular formula is C22H42O5S3. The normalized spacial score (nSPS) is 13.3. The summed E-state index contributed by atoms with van der Waals surface area (Å²) in [6.45, 7) is 9.82. The first-order chi connectivity index (χ1) is 14.5. The summed E-state index contributed by atoms with van der Waals surface area (Å²) in [6, 6.07) is 0. The lowest BCUT2D eigenvalue weighted by Crippen LogP contribution is -2.25. The van der Waals surface area contributed by atoms with Crippen molar-refractivity contribution in [1.29, 1.82) is 0 Å². The van der Waals surface area contributed by atoms with Gasteiger partial charge in [0.05, 0.1) is 12.5 Å². The maximum atomic E-state index is 12.4. The number of allylic oxidation sites excluding steroid dienone is 1.